The molecule has 0 saturated carbocycles. The molecule has 0 spiro atoms. The summed E-state index contributed by atoms with van der Waals surface area (Å²) in [6.07, 6.45) is 0. The fraction of sp³-hybridized carbons (Fsp3) is 0.235. The van der Waals surface area contributed by atoms with Gasteiger partial charge in [0.15, 0.2) is 0 Å². The van der Waals surface area contributed by atoms with Crippen molar-refractivity contribution in [3.63, 3.8) is 0 Å². The number of methoxy groups -OCH3 is 2. The largest absolute Gasteiger partial charge is 0.496 e. The molecule has 22 heavy (non-hydrogen) atoms. The van der Waals surface area contributed by atoms with E-state index in [1.807, 2.05) is 6.92 Å². The number of nitrogens with one attached hydrogen (secondary N) is 1. The predicted octanol–water partition coefficient (Wildman–Crippen LogP) is 3.33. The second kappa shape index (κ2) is 6.93. The zero-order valence-electron chi connectivity index (χ0n) is 12.7. The van der Waals surface area contributed by atoms with Gasteiger partial charge in [0.1, 0.15) is 22.9 Å². The molecule has 2 rings (SSSR count). The van der Waals surface area contributed by atoms with E-state index in [-0.39, 0.29) is 17.8 Å². The fourth-order valence-electron chi connectivity index (χ4n) is 2.18. The monoisotopic (exact) mass is 303 g/mol. The summed E-state index contributed by atoms with van der Waals surface area (Å²) in [4.78, 5) is 12.5. The molecule has 0 aromatic heterocycles. The Kier molecular flexibility index (Phi) is 4.99. The van der Waals surface area contributed by atoms with Crippen molar-refractivity contribution in [1.82, 2.24) is 5.32 Å². The number of rotatable bonds is 5. The van der Waals surface area contributed by atoms with E-state index in [4.69, 9.17) is 9.47 Å². The van der Waals surface area contributed by atoms with E-state index in [1.165, 1.54) is 26.4 Å². The molecule has 0 aliphatic rings. The third-order valence-corrected chi connectivity index (χ3v) is 3.37. The Bertz CT molecular complexity index is 633. The number of hydrogen-bond donors (Lipinski definition) is 1. The molecular weight excluding hydrogens is 285 g/mol. The second-order valence-corrected chi connectivity index (χ2v) is 4.78. The Balaban J connectivity index is 2.23. The highest BCUT2D eigenvalue weighted by atomic mass is 19.1. The van der Waals surface area contributed by atoms with E-state index in [2.05, 4.69) is 5.32 Å². The van der Waals surface area contributed by atoms with Crippen LogP contribution in [0.1, 0.15) is 28.9 Å². The minimum Gasteiger partial charge on any atom is -0.496 e. The van der Waals surface area contributed by atoms with Crippen molar-refractivity contribution in [2.75, 3.05) is 14.2 Å². The van der Waals surface area contributed by atoms with E-state index in [1.54, 1.807) is 30.3 Å². The van der Waals surface area contributed by atoms with Crippen LogP contribution in [0.5, 0.6) is 11.5 Å². The van der Waals surface area contributed by atoms with Gasteiger partial charge < -0.3 is 14.8 Å². The molecule has 1 N–H and O–H groups in total. The zero-order chi connectivity index (χ0) is 16.1. The smallest absolute Gasteiger partial charge is 0.259 e. The van der Waals surface area contributed by atoms with Crippen molar-refractivity contribution < 1.29 is 18.7 Å². The van der Waals surface area contributed by atoms with Crippen molar-refractivity contribution in [1.29, 1.82) is 0 Å². The minimum atomic E-state index is -0.314. The van der Waals surface area contributed by atoms with Crippen molar-refractivity contribution >= 4 is 5.91 Å². The van der Waals surface area contributed by atoms with Gasteiger partial charge in [-0.25, -0.2) is 4.39 Å². The highest BCUT2D eigenvalue weighted by Gasteiger charge is 2.20. The van der Waals surface area contributed by atoms with Gasteiger partial charge in [-0.3, -0.25) is 4.79 Å². The summed E-state index contributed by atoms with van der Waals surface area (Å²) in [5.41, 5.74) is 1.14. The first-order valence-corrected chi connectivity index (χ1v) is 6.84. The van der Waals surface area contributed by atoms with Crippen molar-refractivity contribution in [3.8, 4) is 11.5 Å². The Morgan fingerprint density at radius 2 is 1.59 bits per heavy atom. The lowest BCUT2D eigenvalue weighted by Gasteiger charge is -2.17. The summed E-state index contributed by atoms with van der Waals surface area (Å²) in [7, 11) is 2.99. The number of halogens is 1. The van der Waals surface area contributed by atoms with Gasteiger partial charge >= 0.3 is 0 Å². The minimum absolute atomic E-state index is 0.275. The molecule has 1 amide bonds. The van der Waals surface area contributed by atoms with Crippen molar-refractivity contribution in [3.05, 3.63) is 59.4 Å². The summed E-state index contributed by atoms with van der Waals surface area (Å²) in [5, 5.41) is 2.86. The Labute approximate surface area is 128 Å². The Morgan fingerprint density at radius 1 is 1.05 bits per heavy atom. The van der Waals surface area contributed by atoms with Gasteiger partial charge in [0.2, 0.25) is 0 Å². The van der Waals surface area contributed by atoms with Crippen LogP contribution in [0.25, 0.3) is 0 Å². The summed E-state index contributed by atoms with van der Waals surface area (Å²) >= 11 is 0. The van der Waals surface area contributed by atoms with E-state index in [9.17, 15) is 9.18 Å². The van der Waals surface area contributed by atoms with Crippen LogP contribution in [-0.2, 0) is 0 Å². The lowest BCUT2D eigenvalue weighted by molar-refractivity contribution is 0.0933. The Hall–Kier alpha value is -2.56. The number of carbonyl (C=O) groups excluding carboxylic acids is 1. The first-order valence-electron chi connectivity index (χ1n) is 6.84. The van der Waals surface area contributed by atoms with E-state index >= 15 is 0 Å². The maximum Gasteiger partial charge on any atom is 0.259 e. The standard InChI is InChI=1S/C17H18FNO3/c1-11(12-7-9-13(18)10-8-12)19-17(20)16-14(21-2)5-4-6-15(16)22-3/h4-11H,1-3H3,(H,19,20)/t11-/m0/s1. The summed E-state index contributed by atoms with van der Waals surface area (Å²) < 4.78 is 23.4. The van der Waals surface area contributed by atoms with Gasteiger partial charge in [-0.2, -0.15) is 0 Å². The molecule has 5 heteroatoms. The molecule has 116 valence electrons. The van der Waals surface area contributed by atoms with Crippen LogP contribution in [0.4, 0.5) is 4.39 Å². The van der Waals surface area contributed by atoms with Crippen LogP contribution in [0.3, 0.4) is 0 Å². The third-order valence-electron chi connectivity index (χ3n) is 3.37. The van der Waals surface area contributed by atoms with Crippen molar-refractivity contribution in [2.24, 2.45) is 0 Å². The molecule has 0 heterocycles. The molecule has 4 nitrogen and oxygen atoms in total. The summed E-state index contributed by atoms with van der Waals surface area (Å²) in [6.45, 7) is 1.83. The molecule has 2 aromatic carbocycles. The van der Waals surface area contributed by atoms with Gasteiger partial charge in [-0.05, 0) is 36.8 Å². The number of ether oxygens (including phenoxy) is 2. The third kappa shape index (κ3) is 3.36. The van der Waals surface area contributed by atoms with Gasteiger partial charge in [0, 0.05) is 0 Å². The van der Waals surface area contributed by atoms with E-state index in [0.717, 1.165) is 5.56 Å². The van der Waals surface area contributed by atoms with Crippen molar-refractivity contribution in [2.45, 2.75) is 13.0 Å². The van der Waals surface area contributed by atoms with Crippen LogP contribution in [0.2, 0.25) is 0 Å². The van der Waals surface area contributed by atoms with Crippen LogP contribution >= 0.6 is 0 Å². The van der Waals surface area contributed by atoms with Crippen LogP contribution in [-0.4, -0.2) is 20.1 Å². The number of hydrogen-bond acceptors (Lipinski definition) is 3. The Morgan fingerprint density at radius 3 is 2.09 bits per heavy atom. The molecule has 0 fully saturated rings. The number of carbonyl (C=O) groups is 1. The molecule has 1 atom stereocenters. The molecule has 0 saturated heterocycles. The SMILES string of the molecule is COc1cccc(OC)c1C(=O)N[C@@H](C)c1ccc(F)cc1. The van der Waals surface area contributed by atoms with E-state index in [0.29, 0.717) is 17.1 Å². The normalized spacial score (nSPS) is 11.6. The molecule has 0 radical (unpaired) electrons. The highest BCUT2D eigenvalue weighted by molar-refractivity contribution is 5.99. The van der Waals surface area contributed by atoms with Crippen LogP contribution in [0, 0.1) is 5.82 Å². The second-order valence-electron chi connectivity index (χ2n) is 4.78. The fourth-order valence-corrected chi connectivity index (χ4v) is 2.18. The van der Waals surface area contributed by atoms with Gasteiger partial charge in [0.25, 0.3) is 5.91 Å². The van der Waals surface area contributed by atoms with Gasteiger partial charge in [-0.1, -0.05) is 18.2 Å². The predicted molar refractivity (Wildman–Crippen MR) is 81.8 cm³/mol. The molecule has 0 aliphatic heterocycles. The summed E-state index contributed by atoms with van der Waals surface area (Å²) in [5.74, 6) is 0.242. The lowest BCUT2D eigenvalue weighted by atomic mass is 10.1. The van der Waals surface area contributed by atoms with Crippen LogP contribution in [0.15, 0.2) is 42.5 Å². The summed E-state index contributed by atoms with van der Waals surface area (Å²) in [6, 6.07) is 10.9. The number of amides is 1. The molecule has 0 bridgehead atoms. The number of benzene rings is 2. The maximum absolute atomic E-state index is 13.0. The maximum atomic E-state index is 13.0. The average Bonchev–Trinajstić information content (AvgIpc) is 2.54. The quantitative estimate of drug-likeness (QED) is 0.921. The van der Waals surface area contributed by atoms with Gasteiger partial charge in [0.05, 0.1) is 20.3 Å². The van der Waals surface area contributed by atoms with E-state index < -0.39 is 0 Å². The molecule has 0 aliphatic carbocycles. The molecule has 0 unspecified atom stereocenters. The molecular formula is C17H18FNO3. The zero-order valence-corrected chi connectivity index (χ0v) is 12.7. The molecule has 2 aromatic rings. The first-order chi connectivity index (χ1) is 10.6. The lowest BCUT2D eigenvalue weighted by Crippen LogP contribution is -2.27. The van der Waals surface area contributed by atoms with Gasteiger partial charge in [-0.15, -0.1) is 0 Å². The highest BCUT2D eigenvalue weighted by Crippen LogP contribution is 2.28. The average molecular weight is 303 g/mol. The first kappa shape index (κ1) is 15.8. The topological polar surface area (TPSA) is 47.6 Å². The van der Waals surface area contributed by atoms with Crippen LogP contribution < -0.4 is 14.8 Å².